The van der Waals surface area contributed by atoms with Gasteiger partial charge < -0.3 is 14.8 Å². The van der Waals surface area contributed by atoms with Crippen molar-refractivity contribution in [3.63, 3.8) is 0 Å². The van der Waals surface area contributed by atoms with Gasteiger partial charge in [-0.3, -0.25) is 0 Å². The maximum absolute atomic E-state index is 5.44. The fraction of sp³-hybridized carbons (Fsp3) is 0.333. The van der Waals surface area contributed by atoms with Crippen molar-refractivity contribution in [2.45, 2.75) is 19.9 Å². The molecule has 0 aliphatic heterocycles. The lowest BCUT2D eigenvalue weighted by Gasteiger charge is -2.22. The van der Waals surface area contributed by atoms with Gasteiger partial charge in [0.1, 0.15) is 0 Å². The summed E-state index contributed by atoms with van der Waals surface area (Å²) in [6.45, 7) is 4.23. The van der Waals surface area contributed by atoms with Crippen LogP contribution in [0.4, 0.5) is 0 Å². The topological polar surface area (TPSA) is 30.5 Å². The molecule has 0 radical (unpaired) electrons. The first kappa shape index (κ1) is 15.4. The quantitative estimate of drug-likeness (QED) is 0.910. The zero-order valence-electron chi connectivity index (χ0n) is 13.4. The smallest absolute Gasteiger partial charge is 0.161 e. The molecule has 0 saturated carbocycles. The summed E-state index contributed by atoms with van der Waals surface area (Å²) >= 11 is 0. The molecule has 0 bridgehead atoms. The van der Waals surface area contributed by atoms with Gasteiger partial charge in [-0.2, -0.15) is 0 Å². The number of aryl methyl sites for hydroxylation is 2. The van der Waals surface area contributed by atoms with Crippen LogP contribution in [0.3, 0.4) is 0 Å². The standard InChI is InChI=1S/C18H23NO2/c1-12-8-6-7-9-14(12)18(19-3)15-11-17(21-5)16(20-4)10-13(15)2/h6-11,18-19H,1-5H3. The minimum atomic E-state index is 0.131. The van der Waals surface area contributed by atoms with Crippen LogP contribution in [-0.4, -0.2) is 21.3 Å². The molecule has 0 saturated heterocycles. The number of methoxy groups -OCH3 is 2. The SMILES string of the molecule is CNC(c1ccccc1C)c1cc(OC)c(OC)cc1C. The number of rotatable bonds is 5. The van der Waals surface area contributed by atoms with Crippen LogP contribution in [0, 0.1) is 13.8 Å². The third kappa shape index (κ3) is 3.03. The molecular formula is C18H23NO2. The molecule has 0 aliphatic rings. The maximum atomic E-state index is 5.44. The molecule has 0 heterocycles. The monoisotopic (exact) mass is 285 g/mol. The first-order valence-electron chi connectivity index (χ1n) is 7.07. The Balaban J connectivity index is 2.55. The molecule has 0 aromatic heterocycles. The molecule has 0 amide bonds. The zero-order chi connectivity index (χ0) is 15.4. The number of nitrogens with one attached hydrogen (secondary N) is 1. The Kier molecular flexibility index (Phi) is 4.86. The van der Waals surface area contributed by atoms with Crippen molar-refractivity contribution >= 4 is 0 Å². The van der Waals surface area contributed by atoms with Crippen molar-refractivity contribution in [3.8, 4) is 11.5 Å². The van der Waals surface area contributed by atoms with Gasteiger partial charge in [0.05, 0.1) is 20.3 Å². The van der Waals surface area contributed by atoms with Crippen LogP contribution in [0.1, 0.15) is 28.3 Å². The first-order valence-corrected chi connectivity index (χ1v) is 7.07. The van der Waals surface area contributed by atoms with E-state index in [0.717, 1.165) is 11.5 Å². The second-order valence-corrected chi connectivity index (χ2v) is 5.14. The van der Waals surface area contributed by atoms with E-state index in [0.29, 0.717) is 0 Å². The van der Waals surface area contributed by atoms with Gasteiger partial charge in [-0.15, -0.1) is 0 Å². The average Bonchev–Trinajstić information content (AvgIpc) is 2.50. The minimum Gasteiger partial charge on any atom is -0.493 e. The molecule has 2 aromatic rings. The van der Waals surface area contributed by atoms with Crippen LogP contribution in [0.5, 0.6) is 11.5 Å². The second-order valence-electron chi connectivity index (χ2n) is 5.14. The zero-order valence-corrected chi connectivity index (χ0v) is 13.4. The lowest BCUT2D eigenvalue weighted by Crippen LogP contribution is -2.19. The summed E-state index contributed by atoms with van der Waals surface area (Å²) in [4.78, 5) is 0. The van der Waals surface area contributed by atoms with E-state index < -0.39 is 0 Å². The molecule has 21 heavy (non-hydrogen) atoms. The summed E-state index contributed by atoms with van der Waals surface area (Å²) in [7, 11) is 5.31. The lowest BCUT2D eigenvalue weighted by atomic mass is 9.92. The Morgan fingerprint density at radius 3 is 2.05 bits per heavy atom. The van der Waals surface area contributed by atoms with E-state index in [2.05, 4.69) is 49.5 Å². The molecule has 3 heteroatoms. The molecule has 3 nitrogen and oxygen atoms in total. The van der Waals surface area contributed by atoms with Gasteiger partial charge in [0.25, 0.3) is 0 Å². The fourth-order valence-electron chi connectivity index (χ4n) is 2.70. The van der Waals surface area contributed by atoms with Crippen LogP contribution in [0.15, 0.2) is 36.4 Å². The van der Waals surface area contributed by atoms with E-state index >= 15 is 0 Å². The van der Waals surface area contributed by atoms with Crippen LogP contribution in [0.2, 0.25) is 0 Å². The van der Waals surface area contributed by atoms with Crippen LogP contribution in [-0.2, 0) is 0 Å². The first-order chi connectivity index (χ1) is 10.1. The molecule has 2 rings (SSSR count). The predicted octanol–water partition coefficient (Wildman–Crippen LogP) is 3.63. The van der Waals surface area contributed by atoms with E-state index in [4.69, 9.17) is 9.47 Å². The summed E-state index contributed by atoms with van der Waals surface area (Å²) in [5, 5.41) is 3.41. The van der Waals surface area contributed by atoms with Gasteiger partial charge in [0.15, 0.2) is 11.5 Å². The Morgan fingerprint density at radius 2 is 1.48 bits per heavy atom. The van der Waals surface area contributed by atoms with Gasteiger partial charge in [-0.1, -0.05) is 24.3 Å². The van der Waals surface area contributed by atoms with Crippen LogP contribution >= 0.6 is 0 Å². The minimum absolute atomic E-state index is 0.131. The average molecular weight is 285 g/mol. The number of hydrogen-bond donors (Lipinski definition) is 1. The summed E-state index contributed by atoms with van der Waals surface area (Å²) in [6, 6.07) is 12.6. The van der Waals surface area contributed by atoms with Gasteiger partial charge in [0.2, 0.25) is 0 Å². The van der Waals surface area contributed by atoms with Crippen molar-refractivity contribution in [2.24, 2.45) is 0 Å². The van der Waals surface area contributed by atoms with Crippen molar-refractivity contribution in [1.82, 2.24) is 5.32 Å². The Labute approximate surface area is 126 Å². The normalized spacial score (nSPS) is 12.0. The molecule has 1 unspecified atom stereocenters. The van der Waals surface area contributed by atoms with Crippen molar-refractivity contribution in [3.05, 3.63) is 58.7 Å². The highest BCUT2D eigenvalue weighted by Crippen LogP contribution is 2.35. The van der Waals surface area contributed by atoms with Crippen molar-refractivity contribution < 1.29 is 9.47 Å². The van der Waals surface area contributed by atoms with Crippen molar-refractivity contribution in [2.75, 3.05) is 21.3 Å². The summed E-state index contributed by atoms with van der Waals surface area (Å²) in [6.07, 6.45) is 0. The molecule has 1 atom stereocenters. The summed E-state index contributed by atoms with van der Waals surface area (Å²) in [5.74, 6) is 1.52. The third-order valence-electron chi connectivity index (χ3n) is 3.87. The summed E-state index contributed by atoms with van der Waals surface area (Å²) < 4.78 is 10.8. The molecule has 0 aliphatic carbocycles. The second kappa shape index (κ2) is 6.64. The molecule has 1 N–H and O–H groups in total. The van der Waals surface area contributed by atoms with E-state index in [1.54, 1.807) is 14.2 Å². The Morgan fingerprint density at radius 1 is 0.857 bits per heavy atom. The number of benzene rings is 2. The van der Waals surface area contributed by atoms with Crippen LogP contribution < -0.4 is 14.8 Å². The van der Waals surface area contributed by atoms with Gasteiger partial charge >= 0.3 is 0 Å². The van der Waals surface area contributed by atoms with E-state index in [1.165, 1.54) is 22.3 Å². The van der Waals surface area contributed by atoms with Crippen molar-refractivity contribution in [1.29, 1.82) is 0 Å². The molecule has 0 spiro atoms. The van der Waals surface area contributed by atoms with Gasteiger partial charge in [0, 0.05) is 0 Å². The Bertz CT molecular complexity index is 623. The molecule has 2 aromatic carbocycles. The van der Waals surface area contributed by atoms with E-state index in [-0.39, 0.29) is 6.04 Å². The molecule has 0 fully saturated rings. The maximum Gasteiger partial charge on any atom is 0.161 e. The van der Waals surface area contributed by atoms with Gasteiger partial charge in [-0.05, 0) is 55.3 Å². The Hall–Kier alpha value is -2.00. The summed E-state index contributed by atoms with van der Waals surface area (Å²) in [5.41, 5.74) is 4.92. The van der Waals surface area contributed by atoms with Gasteiger partial charge in [-0.25, -0.2) is 0 Å². The largest absolute Gasteiger partial charge is 0.493 e. The van der Waals surface area contributed by atoms with E-state index in [1.807, 2.05) is 13.1 Å². The van der Waals surface area contributed by atoms with Crippen LogP contribution in [0.25, 0.3) is 0 Å². The number of ether oxygens (including phenoxy) is 2. The third-order valence-corrected chi connectivity index (χ3v) is 3.87. The highest BCUT2D eigenvalue weighted by Gasteiger charge is 2.18. The lowest BCUT2D eigenvalue weighted by molar-refractivity contribution is 0.354. The highest BCUT2D eigenvalue weighted by atomic mass is 16.5. The highest BCUT2D eigenvalue weighted by molar-refractivity contribution is 5.50. The molecule has 112 valence electrons. The van der Waals surface area contributed by atoms with E-state index in [9.17, 15) is 0 Å². The molecular weight excluding hydrogens is 262 g/mol. The predicted molar refractivity (Wildman–Crippen MR) is 86.4 cm³/mol. The fourth-order valence-corrected chi connectivity index (χ4v) is 2.70. The number of hydrogen-bond acceptors (Lipinski definition) is 3.